The molecule has 8 heteroatoms. The van der Waals surface area contributed by atoms with Crippen molar-refractivity contribution in [3.8, 4) is 11.1 Å². The fourth-order valence-corrected chi connectivity index (χ4v) is 4.75. The Balaban J connectivity index is 1.68. The summed E-state index contributed by atoms with van der Waals surface area (Å²) in [7, 11) is 4.16. The number of hydrogen-bond donors (Lipinski definition) is 3. The Hall–Kier alpha value is -2.28. The van der Waals surface area contributed by atoms with E-state index in [9.17, 15) is 4.79 Å². The third kappa shape index (κ3) is 9.30. The maximum absolute atomic E-state index is 12.6. The lowest BCUT2D eigenvalue weighted by atomic mass is 9.92. The minimum Gasteiger partial charge on any atom is -0.337 e. The number of nitrogens with zero attached hydrogens (tertiary/aromatic N) is 1. The normalized spacial score (nSPS) is 11.9. The van der Waals surface area contributed by atoms with Gasteiger partial charge in [-0.25, -0.2) is 4.79 Å². The summed E-state index contributed by atoms with van der Waals surface area (Å²) in [6.45, 7) is 3.33. The molecule has 192 valence electrons. The molecule has 0 heterocycles. The largest absolute Gasteiger partial charge is 0.337 e. The molecule has 3 rings (SSSR count). The van der Waals surface area contributed by atoms with Crippen LogP contribution in [-0.2, 0) is 0 Å². The summed E-state index contributed by atoms with van der Waals surface area (Å²) in [6.07, 6.45) is 1.96. The summed E-state index contributed by atoms with van der Waals surface area (Å²) in [6, 6.07) is 20.8. The minimum atomic E-state index is -0.306. The smallest absolute Gasteiger partial charge is 0.319 e. The fraction of sp³-hybridized carbons (Fsp3) is 0.321. The molecule has 1 atom stereocenters. The molecular weight excluding hydrogens is 515 g/mol. The number of benzene rings is 3. The molecule has 1 unspecified atom stereocenters. The first kappa shape index (κ1) is 28.3. The molecular formula is C28H33Cl3N4O. The molecule has 0 aliphatic heterocycles. The summed E-state index contributed by atoms with van der Waals surface area (Å²) in [5, 5.41) is 11.0. The first-order chi connectivity index (χ1) is 17.3. The Labute approximate surface area is 229 Å². The molecule has 0 aromatic heterocycles. The lowest BCUT2D eigenvalue weighted by Gasteiger charge is -2.20. The van der Waals surface area contributed by atoms with Crippen molar-refractivity contribution in [2.75, 3.05) is 45.6 Å². The number of carbonyl (C=O) groups excluding carboxylic acids is 1. The first-order valence-corrected chi connectivity index (χ1v) is 13.2. The predicted molar refractivity (Wildman–Crippen MR) is 154 cm³/mol. The Bertz CT molecular complexity index is 1120. The van der Waals surface area contributed by atoms with Crippen LogP contribution in [0.1, 0.15) is 24.3 Å². The Morgan fingerprint density at radius 2 is 1.67 bits per heavy atom. The molecule has 3 N–H and O–H groups in total. The number of rotatable bonds is 12. The maximum atomic E-state index is 12.6. The zero-order chi connectivity index (χ0) is 25.9. The van der Waals surface area contributed by atoms with Gasteiger partial charge in [0.15, 0.2) is 0 Å². The van der Waals surface area contributed by atoms with Crippen LogP contribution in [0, 0.1) is 0 Å². The van der Waals surface area contributed by atoms with E-state index in [1.54, 1.807) is 18.2 Å². The van der Waals surface area contributed by atoms with Crippen LogP contribution in [-0.4, -0.2) is 51.2 Å². The molecule has 0 aliphatic carbocycles. The van der Waals surface area contributed by atoms with Gasteiger partial charge in [0.05, 0.1) is 0 Å². The van der Waals surface area contributed by atoms with Gasteiger partial charge in [0.25, 0.3) is 0 Å². The van der Waals surface area contributed by atoms with Crippen LogP contribution >= 0.6 is 34.8 Å². The van der Waals surface area contributed by atoms with Crippen molar-refractivity contribution < 1.29 is 4.79 Å². The Morgan fingerprint density at radius 3 is 2.39 bits per heavy atom. The van der Waals surface area contributed by atoms with E-state index in [-0.39, 0.29) is 11.9 Å². The summed E-state index contributed by atoms with van der Waals surface area (Å²) in [5.41, 5.74) is 3.74. The molecule has 0 spiro atoms. The van der Waals surface area contributed by atoms with E-state index in [0.29, 0.717) is 27.3 Å². The predicted octanol–water partition coefficient (Wildman–Crippen LogP) is 7.15. The maximum Gasteiger partial charge on any atom is 0.319 e. The van der Waals surface area contributed by atoms with Gasteiger partial charge in [0.2, 0.25) is 0 Å². The van der Waals surface area contributed by atoms with Crippen molar-refractivity contribution in [2.45, 2.75) is 18.8 Å². The van der Waals surface area contributed by atoms with E-state index in [0.717, 1.165) is 49.2 Å². The zero-order valence-corrected chi connectivity index (χ0v) is 22.9. The number of nitrogens with one attached hydrogen (secondary N) is 3. The van der Waals surface area contributed by atoms with Crippen molar-refractivity contribution in [1.82, 2.24) is 15.5 Å². The van der Waals surface area contributed by atoms with Crippen LogP contribution in [0.4, 0.5) is 10.5 Å². The molecule has 0 fully saturated rings. The summed E-state index contributed by atoms with van der Waals surface area (Å²) < 4.78 is 0. The standard InChI is InChI=1S/C28H33Cl3N4O/c1-35(2)14-6-12-32-13-11-22(19-33-28(36)34-25-17-23(29)16-24(30)18-25)20-7-5-8-21(15-20)26-9-3-4-10-27(26)31/h3-5,7-10,15-18,22,32H,6,11-14,19H2,1-2H3,(H2,33,34,36). The van der Waals surface area contributed by atoms with Gasteiger partial charge < -0.3 is 20.9 Å². The summed E-state index contributed by atoms with van der Waals surface area (Å²) >= 11 is 18.6. The van der Waals surface area contributed by atoms with Crippen molar-refractivity contribution in [3.63, 3.8) is 0 Å². The molecule has 0 saturated carbocycles. The Morgan fingerprint density at radius 1 is 0.917 bits per heavy atom. The second kappa shape index (κ2) is 14.5. The highest BCUT2D eigenvalue weighted by Crippen LogP contribution is 2.30. The fourth-order valence-electron chi connectivity index (χ4n) is 3.98. The lowest BCUT2D eigenvalue weighted by molar-refractivity contribution is 0.251. The second-order valence-electron chi connectivity index (χ2n) is 8.99. The van der Waals surface area contributed by atoms with Gasteiger partial charge in [-0.3, -0.25) is 0 Å². The van der Waals surface area contributed by atoms with Crippen molar-refractivity contribution in [1.29, 1.82) is 0 Å². The average Bonchev–Trinajstić information content (AvgIpc) is 2.82. The van der Waals surface area contributed by atoms with Gasteiger partial charge in [0, 0.05) is 38.8 Å². The lowest BCUT2D eigenvalue weighted by Crippen LogP contribution is -2.33. The average molecular weight is 548 g/mol. The third-order valence-corrected chi connectivity index (χ3v) is 6.57. The van der Waals surface area contributed by atoms with E-state index in [2.05, 4.69) is 53.1 Å². The van der Waals surface area contributed by atoms with Gasteiger partial charge in [-0.2, -0.15) is 0 Å². The van der Waals surface area contributed by atoms with Gasteiger partial charge in [-0.15, -0.1) is 0 Å². The van der Waals surface area contributed by atoms with Crippen LogP contribution < -0.4 is 16.0 Å². The van der Waals surface area contributed by atoms with Crippen LogP contribution in [0.2, 0.25) is 15.1 Å². The molecule has 0 radical (unpaired) electrons. The molecule has 36 heavy (non-hydrogen) atoms. The van der Waals surface area contributed by atoms with Crippen LogP contribution in [0.3, 0.4) is 0 Å². The van der Waals surface area contributed by atoms with Crippen LogP contribution in [0.15, 0.2) is 66.7 Å². The number of anilines is 1. The third-order valence-electron chi connectivity index (χ3n) is 5.80. The van der Waals surface area contributed by atoms with Crippen molar-refractivity contribution >= 4 is 46.5 Å². The summed E-state index contributed by atoms with van der Waals surface area (Å²) in [4.78, 5) is 14.8. The highest BCUT2D eigenvalue weighted by atomic mass is 35.5. The van der Waals surface area contributed by atoms with Gasteiger partial charge in [-0.05, 0) is 82.0 Å². The molecule has 5 nitrogen and oxygen atoms in total. The molecule has 3 aromatic carbocycles. The number of urea groups is 1. The number of carbonyl (C=O) groups is 1. The van der Waals surface area contributed by atoms with E-state index < -0.39 is 0 Å². The topological polar surface area (TPSA) is 56.4 Å². The monoisotopic (exact) mass is 546 g/mol. The van der Waals surface area contributed by atoms with Gasteiger partial charge >= 0.3 is 6.03 Å². The van der Waals surface area contributed by atoms with Crippen LogP contribution in [0.25, 0.3) is 11.1 Å². The summed E-state index contributed by atoms with van der Waals surface area (Å²) in [5.74, 6) is 0.113. The molecule has 0 saturated heterocycles. The first-order valence-electron chi connectivity index (χ1n) is 12.0. The Kier molecular flexibility index (Phi) is 11.4. The second-order valence-corrected chi connectivity index (χ2v) is 10.3. The SMILES string of the molecule is CN(C)CCCNCCC(CNC(=O)Nc1cc(Cl)cc(Cl)c1)c1cccc(-c2ccccc2Cl)c1. The molecule has 0 aliphatic rings. The molecule has 0 bridgehead atoms. The minimum absolute atomic E-state index is 0.113. The molecule has 2 amide bonds. The van der Waals surface area contributed by atoms with Crippen LogP contribution in [0.5, 0.6) is 0 Å². The van der Waals surface area contributed by atoms with E-state index in [4.69, 9.17) is 34.8 Å². The van der Waals surface area contributed by atoms with Crippen molar-refractivity contribution in [3.05, 3.63) is 87.4 Å². The van der Waals surface area contributed by atoms with Gasteiger partial charge in [0.1, 0.15) is 0 Å². The quantitative estimate of drug-likeness (QED) is 0.211. The molecule has 3 aromatic rings. The van der Waals surface area contributed by atoms with E-state index in [1.165, 1.54) is 0 Å². The zero-order valence-electron chi connectivity index (χ0n) is 20.7. The number of halogens is 3. The highest BCUT2D eigenvalue weighted by molar-refractivity contribution is 6.35. The van der Waals surface area contributed by atoms with Crippen molar-refractivity contribution in [2.24, 2.45) is 0 Å². The highest BCUT2D eigenvalue weighted by Gasteiger charge is 2.15. The number of amides is 2. The van der Waals surface area contributed by atoms with E-state index in [1.807, 2.05) is 30.3 Å². The number of hydrogen-bond acceptors (Lipinski definition) is 3. The van der Waals surface area contributed by atoms with Gasteiger partial charge in [-0.1, -0.05) is 77.3 Å². The van der Waals surface area contributed by atoms with E-state index >= 15 is 0 Å².